The lowest BCUT2D eigenvalue weighted by Crippen LogP contribution is -2.33. The molecule has 2 aliphatic rings. The van der Waals surface area contributed by atoms with Gasteiger partial charge in [-0.05, 0) is 73.6 Å². The Bertz CT molecular complexity index is 1070. The first-order valence-corrected chi connectivity index (χ1v) is 12.3. The largest absolute Gasteiger partial charge is 0.394 e. The minimum atomic E-state index is -4.22. The summed E-state index contributed by atoms with van der Waals surface area (Å²) in [6.07, 6.45) is -3.86. The van der Waals surface area contributed by atoms with Gasteiger partial charge in [0.05, 0.1) is 13.2 Å². The second kappa shape index (κ2) is 11.0. The maximum absolute atomic E-state index is 12.8. The van der Waals surface area contributed by atoms with Gasteiger partial charge in [0.15, 0.2) is 0 Å². The first kappa shape index (κ1) is 26.2. The van der Waals surface area contributed by atoms with E-state index in [4.69, 9.17) is 9.72 Å². The SMILES string of the molecule is Cc1ccc(NC(=O)N2CCC(CC(F)(F)F)C2)cc1-c1cc(N[C@H](C)CO)nc(C2CCOC2)c1. The zero-order chi connectivity index (χ0) is 25.9. The van der Waals surface area contributed by atoms with Gasteiger partial charge in [0.25, 0.3) is 0 Å². The van der Waals surface area contributed by atoms with Crippen molar-refractivity contribution in [2.75, 3.05) is 43.5 Å². The Hall–Kier alpha value is -2.85. The van der Waals surface area contributed by atoms with Gasteiger partial charge in [-0.1, -0.05) is 6.07 Å². The molecule has 2 aromatic rings. The van der Waals surface area contributed by atoms with Crippen LogP contribution in [0.5, 0.6) is 0 Å². The number of hydrogen-bond donors (Lipinski definition) is 3. The van der Waals surface area contributed by atoms with E-state index in [-0.39, 0.29) is 25.1 Å². The number of benzene rings is 1. The number of alkyl halides is 3. The molecule has 36 heavy (non-hydrogen) atoms. The van der Waals surface area contributed by atoms with Crippen LogP contribution in [-0.4, -0.2) is 66.1 Å². The third-order valence-corrected chi connectivity index (χ3v) is 6.75. The van der Waals surface area contributed by atoms with Crippen molar-refractivity contribution in [2.45, 2.75) is 51.2 Å². The number of aromatic nitrogens is 1. The van der Waals surface area contributed by atoms with E-state index in [2.05, 4.69) is 10.6 Å². The molecule has 3 atom stereocenters. The first-order valence-electron chi connectivity index (χ1n) is 12.3. The predicted molar refractivity (Wildman–Crippen MR) is 132 cm³/mol. The van der Waals surface area contributed by atoms with Crippen LogP contribution in [0.4, 0.5) is 29.5 Å². The number of likely N-dealkylation sites (tertiary alicyclic amines) is 1. The summed E-state index contributed by atoms with van der Waals surface area (Å²) in [6, 6.07) is 8.95. The molecular formula is C26H33F3N4O3. The van der Waals surface area contributed by atoms with Crippen LogP contribution in [-0.2, 0) is 4.74 Å². The van der Waals surface area contributed by atoms with Crippen LogP contribution in [0.2, 0.25) is 0 Å². The summed E-state index contributed by atoms with van der Waals surface area (Å²) in [5.74, 6) is 0.266. The van der Waals surface area contributed by atoms with Gasteiger partial charge in [-0.3, -0.25) is 0 Å². The summed E-state index contributed by atoms with van der Waals surface area (Å²) in [5.41, 5.74) is 4.30. The van der Waals surface area contributed by atoms with Gasteiger partial charge < -0.3 is 25.4 Å². The number of pyridine rings is 1. The molecule has 3 heterocycles. The van der Waals surface area contributed by atoms with Crippen LogP contribution < -0.4 is 10.6 Å². The van der Waals surface area contributed by atoms with Crippen molar-refractivity contribution in [3.05, 3.63) is 41.6 Å². The second-order valence-electron chi connectivity index (χ2n) is 9.83. The van der Waals surface area contributed by atoms with Gasteiger partial charge in [0.2, 0.25) is 0 Å². The smallest absolute Gasteiger partial charge is 0.389 e. The molecule has 2 amide bonds. The minimum Gasteiger partial charge on any atom is -0.394 e. The third-order valence-electron chi connectivity index (χ3n) is 6.75. The number of anilines is 2. The molecule has 10 heteroatoms. The molecule has 7 nitrogen and oxygen atoms in total. The van der Waals surface area contributed by atoms with Gasteiger partial charge in [-0.15, -0.1) is 0 Å². The van der Waals surface area contributed by atoms with Gasteiger partial charge in [0, 0.05) is 49.5 Å². The standard InChI is InChI=1S/C26H33F3N4O3/c1-16-3-4-21(31-25(35)33-7-5-18(13-33)12-26(27,28)29)11-22(16)20-9-23(19-6-8-36-15-19)32-24(10-20)30-17(2)14-34/h3-4,9-11,17-19,34H,5-8,12-15H2,1-2H3,(H,30,32)(H,31,35)/t17-,18?,19?/m1/s1. The van der Waals surface area contributed by atoms with Gasteiger partial charge in [-0.2, -0.15) is 13.2 Å². The quantitative estimate of drug-likeness (QED) is 0.483. The Labute approximate surface area is 209 Å². The van der Waals surface area contributed by atoms with Crippen LogP contribution in [0.25, 0.3) is 11.1 Å². The van der Waals surface area contributed by atoms with Crippen molar-refractivity contribution in [3.8, 4) is 11.1 Å². The topological polar surface area (TPSA) is 86.7 Å². The summed E-state index contributed by atoms with van der Waals surface area (Å²) in [4.78, 5) is 19.0. The molecule has 2 aliphatic heterocycles. The molecule has 2 fully saturated rings. The van der Waals surface area contributed by atoms with Crippen molar-refractivity contribution >= 4 is 17.5 Å². The average Bonchev–Trinajstić information content (AvgIpc) is 3.51. The van der Waals surface area contributed by atoms with Crippen LogP contribution >= 0.6 is 0 Å². The third kappa shape index (κ3) is 6.67. The molecule has 196 valence electrons. The fourth-order valence-electron chi connectivity index (χ4n) is 4.78. The van der Waals surface area contributed by atoms with Gasteiger partial charge in [-0.25, -0.2) is 9.78 Å². The lowest BCUT2D eigenvalue weighted by molar-refractivity contribution is -0.143. The molecule has 3 N–H and O–H groups in total. The van der Waals surface area contributed by atoms with Crippen LogP contribution in [0, 0.1) is 12.8 Å². The van der Waals surface area contributed by atoms with Crippen molar-refractivity contribution in [2.24, 2.45) is 5.92 Å². The fraction of sp³-hybridized carbons (Fsp3) is 0.538. The number of rotatable bonds is 7. The number of aliphatic hydroxyl groups excluding tert-OH is 1. The van der Waals surface area contributed by atoms with Crippen LogP contribution in [0.15, 0.2) is 30.3 Å². The normalized spacial score (nSPS) is 21.0. The molecule has 0 bridgehead atoms. The molecule has 2 saturated heterocycles. The number of nitrogens with one attached hydrogen (secondary N) is 2. The molecular weight excluding hydrogens is 473 g/mol. The summed E-state index contributed by atoms with van der Waals surface area (Å²) in [7, 11) is 0. The van der Waals surface area contributed by atoms with Gasteiger partial charge >= 0.3 is 12.2 Å². The highest BCUT2D eigenvalue weighted by Crippen LogP contribution is 2.34. The van der Waals surface area contributed by atoms with Crippen molar-refractivity contribution in [3.63, 3.8) is 0 Å². The summed E-state index contributed by atoms with van der Waals surface area (Å²) in [5, 5.41) is 15.6. The van der Waals surface area contributed by atoms with E-state index in [1.165, 1.54) is 4.90 Å². The molecule has 4 rings (SSSR count). The lowest BCUT2D eigenvalue weighted by Gasteiger charge is -2.19. The maximum atomic E-state index is 12.8. The van der Waals surface area contributed by atoms with E-state index in [9.17, 15) is 23.1 Å². The minimum absolute atomic E-state index is 0.0331. The molecule has 0 spiro atoms. The highest BCUT2D eigenvalue weighted by Gasteiger charge is 2.36. The summed E-state index contributed by atoms with van der Waals surface area (Å²) >= 11 is 0. The molecule has 2 unspecified atom stereocenters. The number of halogens is 3. The predicted octanol–water partition coefficient (Wildman–Crippen LogP) is 5.16. The fourth-order valence-corrected chi connectivity index (χ4v) is 4.78. The number of urea groups is 1. The maximum Gasteiger partial charge on any atom is 0.389 e. The van der Waals surface area contributed by atoms with Crippen molar-refractivity contribution < 1.29 is 27.8 Å². The summed E-state index contributed by atoms with van der Waals surface area (Å²) < 4.78 is 43.7. The number of aryl methyl sites for hydroxylation is 1. The number of nitrogens with zero attached hydrogens (tertiary/aromatic N) is 2. The number of aliphatic hydroxyl groups is 1. The number of hydrogen-bond acceptors (Lipinski definition) is 5. The highest BCUT2D eigenvalue weighted by atomic mass is 19.4. The molecule has 0 aliphatic carbocycles. The van der Waals surface area contributed by atoms with Crippen LogP contribution in [0.1, 0.15) is 43.4 Å². The van der Waals surface area contributed by atoms with Crippen molar-refractivity contribution in [1.29, 1.82) is 0 Å². The molecule has 1 aromatic heterocycles. The number of amides is 2. The zero-order valence-electron chi connectivity index (χ0n) is 20.6. The molecule has 0 saturated carbocycles. The van der Waals surface area contributed by atoms with E-state index < -0.39 is 24.5 Å². The van der Waals surface area contributed by atoms with E-state index in [1.807, 2.05) is 38.1 Å². The van der Waals surface area contributed by atoms with E-state index >= 15 is 0 Å². The first-order chi connectivity index (χ1) is 17.1. The molecule has 1 aromatic carbocycles. The Balaban J connectivity index is 1.55. The Kier molecular flexibility index (Phi) is 8.04. The second-order valence-corrected chi connectivity index (χ2v) is 9.83. The number of carbonyl (C=O) groups excluding carboxylic acids is 1. The summed E-state index contributed by atoms with van der Waals surface area (Å²) in [6.45, 7) is 5.50. The monoisotopic (exact) mass is 506 g/mol. The Morgan fingerprint density at radius 2 is 2.08 bits per heavy atom. The number of carbonyl (C=O) groups is 1. The Morgan fingerprint density at radius 3 is 2.78 bits per heavy atom. The zero-order valence-corrected chi connectivity index (χ0v) is 20.6. The lowest BCUT2D eigenvalue weighted by atomic mass is 9.96. The van der Waals surface area contributed by atoms with Crippen LogP contribution in [0.3, 0.4) is 0 Å². The number of ether oxygens (including phenoxy) is 1. The highest BCUT2D eigenvalue weighted by molar-refractivity contribution is 5.90. The average molecular weight is 507 g/mol. The van der Waals surface area contributed by atoms with E-state index in [1.54, 1.807) is 6.07 Å². The van der Waals surface area contributed by atoms with Gasteiger partial charge in [0.1, 0.15) is 5.82 Å². The van der Waals surface area contributed by atoms with E-state index in [0.717, 1.165) is 28.8 Å². The van der Waals surface area contributed by atoms with E-state index in [0.29, 0.717) is 37.7 Å². The van der Waals surface area contributed by atoms with Crippen molar-refractivity contribution in [1.82, 2.24) is 9.88 Å². The Morgan fingerprint density at radius 1 is 1.28 bits per heavy atom. The molecule has 0 radical (unpaired) electrons.